The Bertz CT molecular complexity index is 128. The maximum atomic E-state index is 7.07. The zero-order chi connectivity index (χ0) is 9.40. The lowest BCUT2D eigenvalue weighted by Gasteiger charge is -2.14. The highest BCUT2D eigenvalue weighted by Gasteiger charge is 2.06. The molecule has 1 unspecified atom stereocenters. The molecule has 0 spiro atoms. The van der Waals surface area contributed by atoms with Gasteiger partial charge in [-0.15, -0.1) is 0 Å². The molecule has 0 aliphatic carbocycles. The van der Waals surface area contributed by atoms with Crippen LogP contribution < -0.4 is 5.73 Å². The van der Waals surface area contributed by atoms with Crippen LogP contribution >= 0.6 is 0 Å². The van der Waals surface area contributed by atoms with E-state index in [0.29, 0.717) is 19.6 Å². The number of rotatable bonds is 7. The van der Waals surface area contributed by atoms with Gasteiger partial charge in [0.25, 0.3) is 0 Å². The number of nitrogens with one attached hydrogen (secondary N) is 1. The molecule has 0 saturated carbocycles. The van der Waals surface area contributed by atoms with Gasteiger partial charge in [-0.3, -0.25) is 5.41 Å². The van der Waals surface area contributed by atoms with Crippen LogP contribution in [-0.4, -0.2) is 32.3 Å². The highest BCUT2D eigenvalue weighted by molar-refractivity contribution is 5.77. The molecule has 0 amide bonds. The quantitative estimate of drug-likeness (QED) is 0.340. The van der Waals surface area contributed by atoms with Crippen LogP contribution in [-0.2, 0) is 9.47 Å². The van der Waals surface area contributed by atoms with Crippen LogP contribution in [0.4, 0.5) is 0 Å². The second-order valence-corrected chi connectivity index (χ2v) is 2.62. The first-order chi connectivity index (χ1) is 5.70. The van der Waals surface area contributed by atoms with E-state index in [-0.39, 0.29) is 11.9 Å². The molecule has 12 heavy (non-hydrogen) atoms. The van der Waals surface area contributed by atoms with Gasteiger partial charge >= 0.3 is 0 Å². The minimum absolute atomic E-state index is 0.0673. The van der Waals surface area contributed by atoms with E-state index in [0.717, 1.165) is 6.42 Å². The Morgan fingerprint density at radius 2 is 2.17 bits per heavy atom. The van der Waals surface area contributed by atoms with Crippen molar-refractivity contribution in [2.75, 3.05) is 20.3 Å². The molecule has 3 N–H and O–H groups in total. The maximum absolute atomic E-state index is 7.07. The number of nitrogens with two attached hydrogens (primary N) is 1. The third-order valence-corrected chi connectivity index (χ3v) is 1.54. The molecule has 0 rings (SSSR count). The highest BCUT2D eigenvalue weighted by atomic mass is 16.5. The van der Waals surface area contributed by atoms with E-state index in [9.17, 15) is 0 Å². The van der Waals surface area contributed by atoms with Crippen molar-refractivity contribution < 1.29 is 9.47 Å². The standard InChI is InChI=1S/C8H18N2O2/c1-3-7(6-8(9)10)12-5-4-11-2/h7H,3-6H2,1-2H3,(H3,9,10). The maximum Gasteiger partial charge on any atom is 0.0931 e. The van der Waals surface area contributed by atoms with Gasteiger partial charge in [-0.1, -0.05) is 6.92 Å². The van der Waals surface area contributed by atoms with Crippen LogP contribution in [0.1, 0.15) is 19.8 Å². The highest BCUT2D eigenvalue weighted by Crippen LogP contribution is 2.02. The second-order valence-electron chi connectivity index (χ2n) is 2.62. The molecule has 0 aliphatic rings. The first-order valence-electron chi connectivity index (χ1n) is 4.14. The van der Waals surface area contributed by atoms with Crippen molar-refractivity contribution in [3.63, 3.8) is 0 Å². The van der Waals surface area contributed by atoms with Crippen LogP contribution in [0.3, 0.4) is 0 Å². The van der Waals surface area contributed by atoms with E-state index in [4.69, 9.17) is 20.6 Å². The molecule has 72 valence electrons. The topological polar surface area (TPSA) is 68.3 Å². The van der Waals surface area contributed by atoms with Crippen molar-refractivity contribution in [1.82, 2.24) is 0 Å². The van der Waals surface area contributed by atoms with E-state index in [1.54, 1.807) is 7.11 Å². The van der Waals surface area contributed by atoms with Gasteiger partial charge in [0, 0.05) is 13.5 Å². The first kappa shape index (κ1) is 11.4. The lowest BCUT2D eigenvalue weighted by Crippen LogP contribution is -2.22. The molecule has 4 nitrogen and oxygen atoms in total. The molecular formula is C8H18N2O2. The van der Waals surface area contributed by atoms with Crippen molar-refractivity contribution >= 4 is 5.84 Å². The summed E-state index contributed by atoms with van der Waals surface area (Å²) in [6.45, 7) is 3.18. The number of hydrogen-bond donors (Lipinski definition) is 2. The number of hydrogen-bond acceptors (Lipinski definition) is 3. The molecule has 4 heteroatoms. The van der Waals surface area contributed by atoms with Gasteiger partial charge in [0.1, 0.15) is 0 Å². The third kappa shape index (κ3) is 6.12. The van der Waals surface area contributed by atoms with Gasteiger partial charge in [-0.25, -0.2) is 0 Å². The largest absolute Gasteiger partial charge is 0.388 e. The first-order valence-corrected chi connectivity index (χ1v) is 4.14. The lowest BCUT2D eigenvalue weighted by molar-refractivity contribution is 0.0190. The third-order valence-electron chi connectivity index (χ3n) is 1.54. The van der Waals surface area contributed by atoms with Crippen LogP contribution in [0.25, 0.3) is 0 Å². The monoisotopic (exact) mass is 174 g/mol. The van der Waals surface area contributed by atoms with E-state index in [2.05, 4.69) is 0 Å². The summed E-state index contributed by atoms with van der Waals surface area (Å²) in [5.74, 6) is 0.180. The van der Waals surface area contributed by atoms with Crippen LogP contribution in [0.15, 0.2) is 0 Å². The Hall–Kier alpha value is -0.610. The summed E-state index contributed by atoms with van der Waals surface area (Å²) in [5.41, 5.74) is 5.25. The fraction of sp³-hybridized carbons (Fsp3) is 0.875. The van der Waals surface area contributed by atoms with E-state index >= 15 is 0 Å². The second kappa shape index (κ2) is 7.06. The predicted octanol–water partition coefficient (Wildman–Crippen LogP) is 0.754. The Kier molecular flexibility index (Phi) is 6.70. The van der Waals surface area contributed by atoms with E-state index in [1.165, 1.54) is 0 Å². The Morgan fingerprint density at radius 3 is 2.58 bits per heavy atom. The van der Waals surface area contributed by atoms with Gasteiger partial charge in [0.05, 0.1) is 25.2 Å². The van der Waals surface area contributed by atoms with Crippen molar-refractivity contribution in [2.45, 2.75) is 25.9 Å². The van der Waals surface area contributed by atoms with Crippen LogP contribution in [0.2, 0.25) is 0 Å². The van der Waals surface area contributed by atoms with Gasteiger partial charge in [-0.05, 0) is 6.42 Å². The molecule has 0 saturated heterocycles. The average Bonchev–Trinajstić information content (AvgIpc) is 2.02. The average molecular weight is 174 g/mol. The number of amidine groups is 1. The van der Waals surface area contributed by atoms with Crippen molar-refractivity contribution in [3.8, 4) is 0 Å². The van der Waals surface area contributed by atoms with Crippen molar-refractivity contribution in [3.05, 3.63) is 0 Å². The molecule has 0 fully saturated rings. The van der Waals surface area contributed by atoms with Crippen molar-refractivity contribution in [2.24, 2.45) is 5.73 Å². The van der Waals surface area contributed by atoms with Gasteiger partial charge in [0.15, 0.2) is 0 Å². The molecule has 0 aromatic heterocycles. The predicted molar refractivity (Wildman–Crippen MR) is 48.4 cm³/mol. The molecule has 0 aromatic carbocycles. The summed E-state index contributed by atoms with van der Waals surface area (Å²) < 4.78 is 10.2. The van der Waals surface area contributed by atoms with Crippen LogP contribution in [0.5, 0.6) is 0 Å². The summed E-state index contributed by atoms with van der Waals surface area (Å²) in [6, 6.07) is 0. The summed E-state index contributed by atoms with van der Waals surface area (Å²) in [4.78, 5) is 0. The molecule has 0 radical (unpaired) electrons. The van der Waals surface area contributed by atoms with Crippen molar-refractivity contribution in [1.29, 1.82) is 5.41 Å². The molecule has 0 bridgehead atoms. The summed E-state index contributed by atoms with van der Waals surface area (Å²) >= 11 is 0. The van der Waals surface area contributed by atoms with Gasteiger partial charge in [-0.2, -0.15) is 0 Å². The van der Waals surface area contributed by atoms with Crippen LogP contribution in [0, 0.1) is 5.41 Å². The summed E-state index contributed by atoms with van der Waals surface area (Å²) in [5, 5.41) is 7.07. The zero-order valence-corrected chi connectivity index (χ0v) is 7.80. The van der Waals surface area contributed by atoms with E-state index < -0.39 is 0 Å². The SMILES string of the molecule is CCC(CC(=N)N)OCCOC. The summed E-state index contributed by atoms with van der Waals surface area (Å²) in [7, 11) is 1.63. The minimum Gasteiger partial charge on any atom is -0.388 e. The smallest absolute Gasteiger partial charge is 0.0931 e. The fourth-order valence-corrected chi connectivity index (χ4v) is 0.865. The molecule has 0 aromatic rings. The van der Waals surface area contributed by atoms with E-state index in [1.807, 2.05) is 6.92 Å². The van der Waals surface area contributed by atoms with Gasteiger partial charge in [0.2, 0.25) is 0 Å². The molecular weight excluding hydrogens is 156 g/mol. The molecule has 0 heterocycles. The Labute approximate surface area is 73.5 Å². The van der Waals surface area contributed by atoms with Gasteiger partial charge < -0.3 is 15.2 Å². The Morgan fingerprint density at radius 1 is 1.50 bits per heavy atom. The Balaban J connectivity index is 3.46. The summed E-state index contributed by atoms with van der Waals surface area (Å²) in [6.07, 6.45) is 1.46. The number of ether oxygens (including phenoxy) is 2. The normalized spacial score (nSPS) is 12.8. The fourth-order valence-electron chi connectivity index (χ4n) is 0.865. The molecule has 0 aliphatic heterocycles. The lowest BCUT2D eigenvalue weighted by atomic mass is 10.2. The molecule has 1 atom stereocenters. The number of methoxy groups -OCH3 is 1. The zero-order valence-electron chi connectivity index (χ0n) is 7.80. The minimum atomic E-state index is 0.0673.